The lowest BCUT2D eigenvalue weighted by Crippen LogP contribution is -2.52. The zero-order valence-electron chi connectivity index (χ0n) is 18.9. The van der Waals surface area contributed by atoms with Gasteiger partial charge >= 0.3 is 0 Å². The average molecular weight is 518 g/mol. The van der Waals surface area contributed by atoms with Gasteiger partial charge in [0.25, 0.3) is 0 Å². The third kappa shape index (κ3) is 7.94. The summed E-state index contributed by atoms with van der Waals surface area (Å²) in [5, 5.41) is 6.90. The highest BCUT2D eigenvalue weighted by atomic mass is 127. The molecule has 6 nitrogen and oxygen atoms in total. The van der Waals surface area contributed by atoms with Crippen LogP contribution in [-0.4, -0.2) is 69.4 Å². The molecule has 29 heavy (non-hydrogen) atoms. The minimum atomic E-state index is -0.0511. The van der Waals surface area contributed by atoms with Crippen LogP contribution in [0.3, 0.4) is 0 Å². The fourth-order valence-corrected chi connectivity index (χ4v) is 3.33. The molecule has 0 atom stereocenters. The monoisotopic (exact) mass is 518 g/mol. The van der Waals surface area contributed by atoms with E-state index in [1.54, 1.807) is 7.11 Å². The van der Waals surface area contributed by atoms with E-state index in [0.717, 1.165) is 57.6 Å². The lowest BCUT2D eigenvalue weighted by molar-refractivity contribution is -0.00684. The molecule has 0 aromatic heterocycles. The Morgan fingerprint density at radius 2 is 1.86 bits per heavy atom. The molecule has 0 amide bonds. The van der Waals surface area contributed by atoms with Crippen molar-refractivity contribution in [3.05, 3.63) is 29.8 Å². The van der Waals surface area contributed by atoms with Crippen LogP contribution in [0.1, 0.15) is 40.2 Å². The lowest BCUT2D eigenvalue weighted by atomic mass is 9.84. The molecule has 1 aliphatic heterocycles. The first-order valence-corrected chi connectivity index (χ1v) is 10.3. The summed E-state index contributed by atoms with van der Waals surface area (Å²) in [6, 6.07) is 8.27. The van der Waals surface area contributed by atoms with Gasteiger partial charge in [-0.1, -0.05) is 26.0 Å². The molecule has 2 N–H and O–H groups in total. The molecule has 7 heteroatoms. The Morgan fingerprint density at radius 1 is 1.17 bits per heavy atom. The van der Waals surface area contributed by atoms with Crippen LogP contribution < -0.4 is 15.4 Å². The first-order chi connectivity index (χ1) is 13.3. The van der Waals surface area contributed by atoms with Gasteiger partial charge in [-0.15, -0.1) is 24.0 Å². The van der Waals surface area contributed by atoms with Gasteiger partial charge in [0.05, 0.1) is 26.9 Å². The summed E-state index contributed by atoms with van der Waals surface area (Å²) in [6.45, 7) is 17.0. The summed E-state index contributed by atoms with van der Waals surface area (Å²) in [4.78, 5) is 7.34. The number of hydrogen-bond donors (Lipinski definition) is 2. The molecule has 1 aliphatic rings. The van der Waals surface area contributed by atoms with Gasteiger partial charge in [-0.05, 0) is 38.5 Å². The predicted molar refractivity (Wildman–Crippen MR) is 132 cm³/mol. The SMILES string of the molecule is CCNC(=NCC(C)(C)N1CCOCC1)NCC(C)(C)c1cccc(OC)c1.I. The molecule has 166 valence electrons. The Bertz CT molecular complexity index is 643. The van der Waals surface area contributed by atoms with E-state index in [1.807, 2.05) is 12.1 Å². The van der Waals surface area contributed by atoms with E-state index in [2.05, 4.69) is 62.3 Å². The number of aliphatic imine (C=N–C) groups is 1. The van der Waals surface area contributed by atoms with Crippen LogP contribution in [0.4, 0.5) is 0 Å². The van der Waals surface area contributed by atoms with Crippen LogP contribution >= 0.6 is 24.0 Å². The van der Waals surface area contributed by atoms with E-state index in [0.29, 0.717) is 0 Å². The van der Waals surface area contributed by atoms with Crippen molar-refractivity contribution in [2.45, 2.75) is 45.6 Å². The van der Waals surface area contributed by atoms with Crippen molar-refractivity contribution in [1.82, 2.24) is 15.5 Å². The van der Waals surface area contributed by atoms with Crippen molar-refractivity contribution in [3.8, 4) is 5.75 Å². The highest BCUT2D eigenvalue weighted by molar-refractivity contribution is 14.0. The van der Waals surface area contributed by atoms with Crippen LogP contribution in [-0.2, 0) is 10.2 Å². The molecule has 1 saturated heterocycles. The van der Waals surface area contributed by atoms with Gasteiger partial charge in [-0.2, -0.15) is 0 Å². The molecule has 0 bridgehead atoms. The molecule has 0 radical (unpaired) electrons. The Balaban J connectivity index is 0.00000420. The zero-order chi connectivity index (χ0) is 20.6. The topological polar surface area (TPSA) is 58.1 Å². The maximum Gasteiger partial charge on any atom is 0.191 e. The molecule has 1 aromatic rings. The highest BCUT2D eigenvalue weighted by Gasteiger charge is 2.28. The van der Waals surface area contributed by atoms with Gasteiger partial charge in [-0.25, -0.2) is 0 Å². The van der Waals surface area contributed by atoms with Crippen molar-refractivity contribution in [2.75, 3.05) is 53.0 Å². The lowest BCUT2D eigenvalue weighted by Gasteiger charge is -2.40. The van der Waals surface area contributed by atoms with Gasteiger partial charge < -0.3 is 20.1 Å². The van der Waals surface area contributed by atoms with E-state index < -0.39 is 0 Å². The molecule has 1 aromatic carbocycles. The van der Waals surface area contributed by atoms with E-state index in [-0.39, 0.29) is 34.9 Å². The third-order valence-electron chi connectivity index (χ3n) is 5.38. The Hall–Kier alpha value is -1.06. The minimum Gasteiger partial charge on any atom is -0.497 e. The van der Waals surface area contributed by atoms with Crippen molar-refractivity contribution in [1.29, 1.82) is 0 Å². The maximum absolute atomic E-state index is 5.48. The summed E-state index contributed by atoms with van der Waals surface area (Å²) < 4.78 is 10.9. The first-order valence-electron chi connectivity index (χ1n) is 10.3. The van der Waals surface area contributed by atoms with Crippen LogP contribution in [0.15, 0.2) is 29.3 Å². The van der Waals surface area contributed by atoms with Gasteiger partial charge in [0, 0.05) is 37.1 Å². The average Bonchev–Trinajstić information content (AvgIpc) is 2.71. The number of ether oxygens (including phenoxy) is 2. The maximum atomic E-state index is 5.48. The number of benzene rings is 1. The van der Waals surface area contributed by atoms with Crippen LogP contribution in [0.25, 0.3) is 0 Å². The second kappa shape index (κ2) is 12.0. The molecule has 0 spiro atoms. The molecule has 2 rings (SSSR count). The number of hydrogen-bond acceptors (Lipinski definition) is 4. The number of morpholine rings is 1. The number of nitrogens with one attached hydrogen (secondary N) is 2. The normalized spacial score (nSPS) is 16.1. The van der Waals surface area contributed by atoms with E-state index in [9.17, 15) is 0 Å². The molecule has 1 heterocycles. The summed E-state index contributed by atoms with van der Waals surface area (Å²) in [5.41, 5.74) is 1.20. The largest absolute Gasteiger partial charge is 0.497 e. The minimum absolute atomic E-state index is 0. The number of guanidine groups is 1. The number of methoxy groups -OCH3 is 1. The van der Waals surface area contributed by atoms with E-state index >= 15 is 0 Å². The molecule has 0 saturated carbocycles. The van der Waals surface area contributed by atoms with Crippen molar-refractivity contribution in [2.24, 2.45) is 4.99 Å². The zero-order valence-corrected chi connectivity index (χ0v) is 21.2. The number of nitrogens with zero attached hydrogens (tertiary/aromatic N) is 2. The van der Waals surface area contributed by atoms with Crippen LogP contribution in [0.2, 0.25) is 0 Å². The first kappa shape index (κ1) is 26.0. The van der Waals surface area contributed by atoms with E-state index in [4.69, 9.17) is 14.5 Å². The fraction of sp³-hybridized carbons (Fsp3) is 0.682. The molecule has 0 unspecified atom stereocenters. The van der Waals surface area contributed by atoms with Gasteiger partial charge in [0.2, 0.25) is 0 Å². The summed E-state index contributed by atoms with van der Waals surface area (Å²) >= 11 is 0. The third-order valence-corrected chi connectivity index (χ3v) is 5.38. The second-order valence-electron chi connectivity index (χ2n) is 8.58. The van der Waals surface area contributed by atoms with E-state index in [1.165, 1.54) is 5.56 Å². The quantitative estimate of drug-likeness (QED) is 0.315. The molecule has 0 aliphatic carbocycles. The summed E-state index contributed by atoms with van der Waals surface area (Å²) in [5.74, 6) is 1.75. The smallest absolute Gasteiger partial charge is 0.191 e. The fourth-order valence-electron chi connectivity index (χ4n) is 3.33. The standard InChI is InChI=1S/C22H38N4O2.HI/c1-7-23-20(25-17-22(4,5)26-11-13-28-14-12-26)24-16-21(2,3)18-9-8-10-19(15-18)27-6;/h8-10,15H,7,11-14,16-17H2,1-6H3,(H2,23,24,25);1H. The van der Waals surface area contributed by atoms with Crippen LogP contribution in [0, 0.1) is 0 Å². The highest BCUT2D eigenvalue weighted by Crippen LogP contribution is 2.25. The molecule has 1 fully saturated rings. The van der Waals surface area contributed by atoms with Crippen molar-refractivity contribution in [3.63, 3.8) is 0 Å². The predicted octanol–water partition coefficient (Wildman–Crippen LogP) is 3.26. The van der Waals surface area contributed by atoms with Gasteiger partial charge in [-0.3, -0.25) is 9.89 Å². The Kier molecular flexibility index (Phi) is 10.7. The Morgan fingerprint density at radius 3 is 2.48 bits per heavy atom. The van der Waals surface area contributed by atoms with Gasteiger partial charge in [0.1, 0.15) is 5.75 Å². The van der Waals surface area contributed by atoms with Crippen molar-refractivity contribution < 1.29 is 9.47 Å². The number of rotatable bonds is 8. The van der Waals surface area contributed by atoms with Crippen molar-refractivity contribution >= 4 is 29.9 Å². The Labute approximate surface area is 193 Å². The summed E-state index contributed by atoms with van der Waals surface area (Å²) in [6.07, 6.45) is 0. The second-order valence-corrected chi connectivity index (χ2v) is 8.58. The number of halogens is 1. The van der Waals surface area contributed by atoms with Gasteiger partial charge in [0.15, 0.2) is 5.96 Å². The summed E-state index contributed by atoms with van der Waals surface area (Å²) in [7, 11) is 1.70. The molecular formula is C22H39IN4O2. The molecular weight excluding hydrogens is 479 g/mol. The van der Waals surface area contributed by atoms with Crippen LogP contribution in [0.5, 0.6) is 5.75 Å².